The average molecular weight is 398 g/mol. The van der Waals surface area contributed by atoms with Crippen molar-refractivity contribution in [2.24, 2.45) is 0 Å². The number of anilines is 2. The van der Waals surface area contributed by atoms with Crippen molar-refractivity contribution in [1.82, 2.24) is 0 Å². The molecule has 1 saturated heterocycles. The lowest BCUT2D eigenvalue weighted by molar-refractivity contribution is -0.119. The highest BCUT2D eigenvalue weighted by Gasteiger charge is 2.16. The summed E-state index contributed by atoms with van der Waals surface area (Å²) in [7, 11) is 3.88. The Morgan fingerprint density at radius 2 is 1.83 bits per heavy atom. The molecule has 1 aliphatic heterocycles. The van der Waals surface area contributed by atoms with Gasteiger partial charge in [0.2, 0.25) is 0 Å². The Morgan fingerprint density at radius 1 is 1.10 bits per heavy atom. The summed E-state index contributed by atoms with van der Waals surface area (Å²) in [4.78, 5) is 26.1. The molecule has 1 amide bonds. The standard InChI is InChI=1S/C22H26N2O5/c1-24(2)18-9-7-17(8-10-18)23-21(25)15-29-22(26)16-5-11-19(12-6-16)28-14-20-4-3-13-27-20/h5-12,20H,3-4,13-15H2,1-2H3,(H,23,25)/t20-/m0/s1. The van der Waals surface area contributed by atoms with E-state index in [9.17, 15) is 9.59 Å². The lowest BCUT2D eigenvalue weighted by Crippen LogP contribution is -2.21. The van der Waals surface area contributed by atoms with Crippen LogP contribution in [0.5, 0.6) is 5.75 Å². The number of benzene rings is 2. The SMILES string of the molecule is CN(C)c1ccc(NC(=O)COC(=O)c2ccc(OC[C@@H]3CCCO3)cc2)cc1. The number of rotatable bonds is 8. The monoisotopic (exact) mass is 398 g/mol. The second-order valence-electron chi connectivity index (χ2n) is 7.04. The normalized spacial score (nSPS) is 15.6. The van der Waals surface area contributed by atoms with Crippen LogP contribution in [0.2, 0.25) is 0 Å². The average Bonchev–Trinajstić information content (AvgIpc) is 3.25. The van der Waals surface area contributed by atoms with Crippen LogP contribution in [-0.2, 0) is 14.3 Å². The van der Waals surface area contributed by atoms with Gasteiger partial charge in [0.25, 0.3) is 5.91 Å². The van der Waals surface area contributed by atoms with Gasteiger partial charge < -0.3 is 24.4 Å². The van der Waals surface area contributed by atoms with Gasteiger partial charge >= 0.3 is 5.97 Å². The van der Waals surface area contributed by atoms with E-state index in [4.69, 9.17) is 14.2 Å². The predicted octanol–water partition coefficient (Wildman–Crippen LogP) is 3.11. The Labute approximate surface area is 170 Å². The fourth-order valence-corrected chi connectivity index (χ4v) is 2.91. The number of esters is 1. The number of carbonyl (C=O) groups is 2. The van der Waals surface area contributed by atoms with Crippen molar-refractivity contribution in [3.8, 4) is 5.75 Å². The van der Waals surface area contributed by atoms with E-state index in [2.05, 4.69) is 5.32 Å². The molecular weight excluding hydrogens is 372 g/mol. The molecule has 7 nitrogen and oxygen atoms in total. The van der Waals surface area contributed by atoms with Gasteiger partial charge in [-0.25, -0.2) is 4.79 Å². The highest BCUT2D eigenvalue weighted by Crippen LogP contribution is 2.18. The second-order valence-corrected chi connectivity index (χ2v) is 7.04. The molecule has 0 aromatic heterocycles. The molecule has 1 fully saturated rings. The smallest absolute Gasteiger partial charge is 0.338 e. The summed E-state index contributed by atoms with van der Waals surface area (Å²) in [5.41, 5.74) is 2.03. The van der Waals surface area contributed by atoms with Crippen LogP contribution in [0.25, 0.3) is 0 Å². The van der Waals surface area contributed by atoms with Crippen LogP contribution in [0.4, 0.5) is 11.4 Å². The third-order valence-electron chi connectivity index (χ3n) is 4.55. The highest BCUT2D eigenvalue weighted by atomic mass is 16.5. The van der Waals surface area contributed by atoms with Crippen LogP contribution in [0.15, 0.2) is 48.5 Å². The summed E-state index contributed by atoms with van der Waals surface area (Å²) in [6.07, 6.45) is 2.21. The zero-order valence-corrected chi connectivity index (χ0v) is 16.7. The first-order valence-electron chi connectivity index (χ1n) is 9.60. The largest absolute Gasteiger partial charge is 0.491 e. The summed E-state index contributed by atoms with van der Waals surface area (Å²) < 4.78 is 16.3. The molecule has 0 spiro atoms. The minimum Gasteiger partial charge on any atom is -0.491 e. The molecule has 2 aromatic rings. The van der Waals surface area contributed by atoms with E-state index in [1.54, 1.807) is 36.4 Å². The highest BCUT2D eigenvalue weighted by molar-refractivity contribution is 5.95. The number of ether oxygens (including phenoxy) is 3. The molecule has 29 heavy (non-hydrogen) atoms. The Kier molecular flexibility index (Phi) is 7.08. The van der Waals surface area contributed by atoms with E-state index < -0.39 is 11.9 Å². The minimum atomic E-state index is -0.561. The molecule has 0 radical (unpaired) electrons. The molecule has 0 bridgehead atoms. The summed E-state index contributed by atoms with van der Waals surface area (Å²) in [5.74, 6) is -0.294. The van der Waals surface area contributed by atoms with E-state index in [1.165, 1.54) is 0 Å². The van der Waals surface area contributed by atoms with Crippen molar-refractivity contribution in [2.75, 3.05) is 44.1 Å². The first-order valence-corrected chi connectivity index (χ1v) is 9.60. The molecule has 1 N–H and O–H groups in total. The Morgan fingerprint density at radius 3 is 2.45 bits per heavy atom. The van der Waals surface area contributed by atoms with Gasteiger partial charge in [-0.05, 0) is 61.4 Å². The molecule has 0 aliphatic carbocycles. The van der Waals surface area contributed by atoms with Gasteiger partial charge in [-0.1, -0.05) is 0 Å². The number of amides is 1. The number of hydrogen-bond donors (Lipinski definition) is 1. The third-order valence-corrected chi connectivity index (χ3v) is 4.55. The van der Waals surface area contributed by atoms with E-state index in [0.29, 0.717) is 23.6 Å². The maximum Gasteiger partial charge on any atom is 0.338 e. The molecule has 1 atom stereocenters. The van der Waals surface area contributed by atoms with Crippen LogP contribution < -0.4 is 15.0 Å². The van der Waals surface area contributed by atoms with E-state index >= 15 is 0 Å². The Bertz CT molecular complexity index is 812. The van der Waals surface area contributed by atoms with Crippen molar-refractivity contribution >= 4 is 23.3 Å². The van der Waals surface area contributed by atoms with Gasteiger partial charge in [-0.3, -0.25) is 4.79 Å². The lowest BCUT2D eigenvalue weighted by atomic mass is 10.2. The van der Waals surface area contributed by atoms with Crippen molar-refractivity contribution in [3.05, 3.63) is 54.1 Å². The molecule has 1 aliphatic rings. The first kappa shape index (κ1) is 20.7. The maximum absolute atomic E-state index is 12.1. The molecule has 154 valence electrons. The van der Waals surface area contributed by atoms with Gasteiger partial charge in [0, 0.05) is 32.1 Å². The van der Waals surface area contributed by atoms with E-state index in [-0.39, 0.29) is 12.7 Å². The van der Waals surface area contributed by atoms with Gasteiger partial charge in [0.1, 0.15) is 12.4 Å². The van der Waals surface area contributed by atoms with Crippen molar-refractivity contribution < 1.29 is 23.8 Å². The molecule has 1 heterocycles. The zero-order valence-electron chi connectivity index (χ0n) is 16.7. The number of nitrogens with zero attached hydrogens (tertiary/aromatic N) is 1. The minimum absolute atomic E-state index is 0.136. The topological polar surface area (TPSA) is 77.1 Å². The first-order chi connectivity index (χ1) is 14.0. The summed E-state index contributed by atoms with van der Waals surface area (Å²) in [6, 6.07) is 14.0. The van der Waals surface area contributed by atoms with Crippen LogP contribution in [0.3, 0.4) is 0 Å². The summed E-state index contributed by atoms with van der Waals surface area (Å²) in [5, 5.41) is 2.70. The van der Waals surface area contributed by atoms with Crippen molar-refractivity contribution in [1.29, 1.82) is 0 Å². The number of carbonyl (C=O) groups excluding carboxylic acids is 2. The van der Waals surface area contributed by atoms with Crippen LogP contribution >= 0.6 is 0 Å². The molecule has 3 rings (SSSR count). The third kappa shape index (κ3) is 6.22. The molecule has 0 unspecified atom stereocenters. The van der Waals surface area contributed by atoms with Gasteiger partial charge in [0.15, 0.2) is 6.61 Å². The summed E-state index contributed by atoms with van der Waals surface area (Å²) in [6.45, 7) is 0.929. The van der Waals surface area contributed by atoms with E-state index in [1.807, 2.05) is 31.1 Å². The van der Waals surface area contributed by atoms with Gasteiger partial charge in [-0.2, -0.15) is 0 Å². The Balaban J connectivity index is 1.42. The van der Waals surface area contributed by atoms with Crippen LogP contribution in [-0.4, -0.2) is 51.9 Å². The zero-order chi connectivity index (χ0) is 20.6. The number of nitrogens with one attached hydrogen (secondary N) is 1. The lowest BCUT2D eigenvalue weighted by Gasteiger charge is -2.13. The quantitative estimate of drug-likeness (QED) is 0.689. The van der Waals surface area contributed by atoms with Gasteiger partial charge in [0.05, 0.1) is 11.7 Å². The van der Waals surface area contributed by atoms with Crippen LogP contribution in [0, 0.1) is 0 Å². The number of hydrogen-bond acceptors (Lipinski definition) is 6. The van der Waals surface area contributed by atoms with Crippen LogP contribution in [0.1, 0.15) is 23.2 Å². The fraction of sp³-hybridized carbons (Fsp3) is 0.364. The second kappa shape index (κ2) is 9.93. The molecule has 2 aromatic carbocycles. The molecular formula is C22H26N2O5. The molecule has 0 saturated carbocycles. The van der Waals surface area contributed by atoms with Crippen molar-refractivity contribution in [3.63, 3.8) is 0 Å². The summed E-state index contributed by atoms with van der Waals surface area (Å²) >= 11 is 0. The molecule has 7 heteroatoms. The van der Waals surface area contributed by atoms with Crippen molar-refractivity contribution in [2.45, 2.75) is 18.9 Å². The van der Waals surface area contributed by atoms with Gasteiger partial charge in [-0.15, -0.1) is 0 Å². The van der Waals surface area contributed by atoms with E-state index in [0.717, 1.165) is 25.1 Å². The predicted molar refractivity (Wildman–Crippen MR) is 111 cm³/mol. The fourth-order valence-electron chi connectivity index (χ4n) is 2.91. The Hall–Kier alpha value is -3.06. The maximum atomic E-state index is 12.1.